The molecule has 0 saturated heterocycles. The van der Waals surface area contributed by atoms with Crippen LogP contribution in [0.15, 0.2) is 48.9 Å². The molecule has 0 unspecified atom stereocenters. The molecule has 4 rings (SSSR count). The quantitative estimate of drug-likeness (QED) is 0.414. The van der Waals surface area contributed by atoms with Crippen molar-refractivity contribution in [3.63, 3.8) is 0 Å². The van der Waals surface area contributed by atoms with Gasteiger partial charge in [-0.3, -0.25) is 4.79 Å². The third kappa shape index (κ3) is 3.27. The minimum atomic E-state index is 0.198. The molecule has 1 saturated carbocycles. The van der Waals surface area contributed by atoms with Gasteiger partial charge in [0.25, 0.3) is 0 Å². The van der Waals surface area contributed by atoms with Crippen LogP contribution < -0.4 is 4.73 Å². The van der Waals surface area contributed by atoms with Crippen molar-refractivity contribution in [2.24, 2.45) is 5.92 Å². The van der Waals surface area contributed by atoms with Crippen LogP contribution in [0.4, 0.5) is 0 Å². The van der Waals surface area contributed by atoms with Crippen LogP contribution in [-0.4, -0.2) is 15.6 Å². The fourth-order valence-electron chi connectivity index (χ4n) is 3.76. The molecule has 128 valence electrons. The molecule has 0 bridgehead atoms. The smallest absolute Gasteiger partial charge is 0.206 e. The van der Waals surface area contributed by atoms with Gasteiger partial charge in [0, 0.05) is 29.6 Å². The van der Waals surface area contributed by atoms with E-state index in [4.69, 9.17) is 0 Å². The third-order valence-corrected chi connectivity index (χ3v) is 5.07. The number of carbonyl (C=O) groups excluding carboxylic acids is 1. The van der Waals surface area contributed by atoms with Gasteiger partial charge in [0.1, 0.15) is 5.69 Å². The SMILES string of the molecule is O=C(CC1CCCCC1)c1cccc2nn(-c3ccc[n+]([O-])c3)cc12. The van der Waals surface area contributed by atoms with Crippen molar-refractivity contribution in [1.29, 1.82) is 0 Å². The highest BCUT2D eigenvalue weighted by Crippen LogP contribution is 2.29. The molecule has 0 spiro atoms. The number of fused-ring (bicyclic) bond motifs is 1. The highest BCUT2D eigenvalue weighted by atomic mass is 16.5. The van der Waals surface area contributed by atoms with Crippen molar-refractivity contribution in [2.75, 3.05) is 0 Å². The number of nitrogens with zero attached hydrogens (tertiary/aromatic N) is 3. The van der Waals surface area contributed by atoms with Gasteiger partial charge in [0.05, 0.1) is 5.52 Å². The van der Waals surface area contributed by atoms with Crippen molar-refractivity contribution in [3.05, 3.63) is 59.7 Å². The van der Waals surface area contributed by atoms with E-state index in [0.717, 1.165) is 34.0 Å². The van der Waals surface area contributed by atoms with E-state index in [9.17, 15) is 10.0 Å². The second-order valence-electron chi connectivity index (χ2n) is 6.87. The second-order valence-corrected chi connectivity index (χ2v) is 6.87. The van der Waals surface area contributed by atoms with E-state index in [2.05, 4.69) is 5.10 Å². The molecule has 0 amide bonds. The van der Waals surface area contributed by atoms with Gasteiger partial charge in [0.15, 0.2) is 12.0 Å². The van der Waals surface area contributed by atoms with Gasteiger partial charge in [-0.1, -0.05) is 44.2 Å². The van der Waals surface area contributed by atoms with E-state index in [0.29, 0.717) is 18.0 Å². The minimum absolute atomic E-state index is 0.198. The Labute approximate surface area is 146 Å². The normalized spacial score (nSPS) is 15.5. The lowest BCUT2D eigenvalue weighted by Gasteiger charge is -2.20. The van der Waals surface area contributed by atoms with E-state index in [1.165, 1.54) is 31.7 Å². The molecule has 0 atom stereocenters. The lowest BCUT2D eigenvalue weighted by Crippen LogP contribution is -2.25. The Hall–Kier alpha value is -2.69. The zero-order chi connectivity index (χ0) is 17.2. The number of hydrogen-bond acceptors (Lipinski definition) is 3. The third-order valence-electron chi connectivity index (χ3n) is 5.07. The highest BCUT2D eigenvalue weighted by molar-refractivity contribution is 6.07. The average Bonchev–Trinajstić information content (AvgIpc) is 3.07. The van der Waals surface area contributed by atoms with Crippen LogP contribution in [0.3, 0.4) is 0 Å². The molecule has 2 heterocycles. The summed E-state index contributed by atoms with van der Waals surface area (Å²) >= 11 is 0. The second kappa shape index (κ2) is 6.67. The summed E-state index contributed by atoms with van der Waals surface area (Å²) in [5.41, 5.74) is 2.19. The van der Waals surface area contributed by atoms with Crippen LogP contribution in [0.5, 0.6) is 0 Å². The van der Waals surface area contributed by atoms with E-state index in [1.54, 1.807) is 10.7 Å². The summed E-state index contributed by atoms with van der Waals surface area (Å²) in [6.45, 7) is 0. The van der Waals surface area contributed by atoms with Crippen molar-refractivity contribution >= 4 is 16.7 Å². The largest absolute Gasteiger partial charge is 0.619 e. The van der Waals surface area contributed by atoms with Gasteiger partial charge in [0.2, 0.25) is 6.20 Å². The van der Waals surface area contributed by atoms with Crippen molar-refractivity contribution in [2.45, 2.75) is 38.5 Å². The van der Waals surface area contributed by atoms with Gasteiger partial charge >= 0.3 is 0 Å². The number of hydrogen-bond donors (Lipinski definition) is 0. The van der Waals surface area contributed by atoms with Crippen LogP contribution >= 0.6 is 0 Å². The molecule has 0 aliphatic heterocycles. The maximum atomic E-state index is 12.8. The number of ketones is 1. The zero-order valence-electron chi connectivity index (χ0n) is 14.1. The van der Waals surface area contributed by atoms with Crippen molar-refractivity contribution in [3.8, 4) is 5.69 Å². The Bertz CT molecular complexity index is 910. The summed E-state index contributed by atoms with van der Waals surface area (Å²) in [6.07, 6.45) is 11.5. The van der Waals surface area contributed by atoms with Crippen molar-refractivity contribution < 1.29 is 9.52 Å². The molecule has 1 aliphatic carbocycles. The summed E-state index contributed by atoms with van der Waals surface area (Å²) in [4.78, 5) is 12.8. The molecule has 25 heavy (non-hydrogen) atoms. The summed E-state index contributed by atoms with van der Waals surface area (Å²) in [7, 11) is 0. The molecule has 5 heteroatoms. The number of benzene rings is 1. The number of carbonyl (C=O) groups is 1. The first-order valence-corrected chi connectivity index (χ1v) is 8.91. The van der Waals surface area contributed by atoms with E-state index in [-0.39, 0.29) is 5.78 Å². The number of pyridine rings is 1. The van der Waals surface area contributed by atoms with Gasteiger partial charge in [-0.25, -0.2) is 4.68 Å². The predicted molar refractivity (Wildman–Crippen MR) is 95.6 cm³/mol. The fourth-order valence-corrected chi connectivity index (χ4v) is 3.76. The first kappa shape index (κ1) is 15.8. The Morgan fingerprint density at radius 1 is 1.20 bits per heavy atom. The van der Waals surface area contributed by atoms with Crippen LogP contribution in [0.2, 0.25) is 0 Å². The summed E-state index contributed by atoms with van der Waals surface area (Å²) in [5.74, 6) is 0.712. The molecule has 1 aliphatic rings. The van der Waals surface area contributed by atoms with E-state index in [1.807, 2.05) is 30.5 Å². The highest BCUT2D eigenvalue weighted by Gasteiger charge is 2.20. The molecular formula is C20H21N3O2. The lowest BCUT2D eigenvalue weighted by molar-refractivity contribution is -0.605. The average molecular weight is 335 g/mol. The van der Waals surface area contributed by atoms with Crippen LogP contribution in [0.25, 0.3) is 16.6 Å². The Kier molecular flexibility index (Phi) is 4.22. The maximum absolute atomic E-state index is 12.8. The lowest BCUT2D eigenvalue weighted by atomic mass is 9.84. The summed E-state index contributed by atoms with van der Waals surface area (Å²) in [5, 5.41) is 16.9. The van der Waals surface area contributed by atoms with Crippen LogP contribution in [0.1, 0.15) is 48.9 Å². The number of aromatic nitrogens is 3. The molecule has 2 aromatic heterocycles. The Morgan fingerprint density at radius 3 is 2.84 bits per heavy atom. The number of Topliss-reactive ketones (excluding diaryl/α,β-unsaturated/α-hetero) is 1. The standard InChI is InChI=1S/C20H21N3O2/c24-20(12-15-6-2-1-3-7-15)17-9-4-10-19-18(17)14-23(21-19)16-8-5-11-22(25)13-16/h4-5,8-11,13-15H,1-3,6-7,12H2. The van der Waals surface area contributed by atoms with Gasteiger partial charge in [-0.05, 0) is 18.1 Å². The molecule has 3 aromatic rings. The zero-order valence-corrected chi connectivity index (χ0v) is 14.1. The Morgan fingerprint density at radius 2 is 2.04 bits per heavy atom. The number of rotatable bonds is 4. The maximum Gasteiger partial charge on any atom is 0.206 e. The molecule has 1 fully saturated rings. The Balaban J connectivity index is 1.66. The molecule has 5 nitrogen and oxygen atoms in total. The van der Waals surface area contributed by atoms with Crippen LogP contribution in [0, 0.1) is 11.1 Å². The summed E-state index contributed by atoms with van der Waals surface area (Å²) in [6, 6.07) is 9.18. The predicted octanol–water partition coefficient (Wildman–Crippen LogP) is 3.81. The summed E-state index contributed by atoms with van der Waals surface area (Å²) < 4.78 is 2.41. The first-order chi connectivity index (χ1) is 12.2. The topological polar surface area (TPSA) is 61.8 Å². The van der Waals surface area contributed by atoms with Gasteiger partial charge < -0.3 is 5.21 Å². The molecule has 0 radical (unpaired) electrons. The van der Waals surface area contributed by atoms with E-state index >= 15 is 0 Å². The van der Waals surface area contributed by atoms with Crippen molar-refractivity contribution in [1.82, 2.24) is 9.78 Å². The van der Waals surface area contributed by atoms with Gasteiger partial charge in [-0.2, -0.15) is 9.83 Å². The molecular weight excluding hydrogens is 314 g/mol. The fraction of sp³-hybridized carbons (Fsp3) is 0.350. The molecule has 0 N–H and O–H groups in total. The molecule has 1 aromatic carbocycles. The minimum Gasteiger partial charge on any atom is -0.619 e. The first-order valence-electron chi connectivity index (χ1n) is 8.91. The van der Waals surface area contributed by atoms with Gasteiger partial charge in [-0.15, -0.1) is 0 Å². The van der Waals surface area contributed by atoms with Crippen LogP contribution in [-0.2, 0) is 0 Å². The van der Waals surface area contributed by atoms with E-state index < -0.39 is 0 Å². The monoisotopic (exact) mass is 335 g/mol.